The Balaban J connectivity index is 2.15. The number of sulfonamides is 1. The van der Waals surface area contributed by atoms with Gasteiger partial charge in [0.15, 0.2) is 0 Å². The topological polar surface area (TPSA) is 75.3 Å². The molecule has 0 radical (unpaired) electrons. The maximum atomic E-state index is 12.9. The number of aryl methyl sites for hydroxylation is 1. The Morgan fingerprint density at radius 2 is 1.81 bits per heavy atom. The van der Waals surface area contributed by atoms with Crippen LogP contribution in [0, 0.1) is 18.8 Å². The average molecular weight is 381 g/mol. The van der Waals surface area contributed by atoms with Gasteiger partial charge in [-0.3, -0.25) is 4.79 Å². The second kappa shape index (κ2) is 9.00. The highest BCUT2D eigenvalue weighted by molar-refractivity contribution is 7.89. The molecule has 5 nitrogen and oxygen atoms in total. The SMILES string of the molecule is CCC(C)C(NS(=O)(=O)c1ccc(C)cc1)C(=O)NC1CCCCC1C. The number of amides is 1. The molecule has 1 fully saturated rings. The molecule has 4 atom stereocenters. The van der Waals surface area contributed by atoms with Gasteiger partial charge in [-0.1, -0.05) is 57.7 Å². The van der Waals surface area contributed by atoms with Crippen molar-refractivity contribution >= 4 is 15.9 Å². The van der Waals surface area contributed by atoms with Crippen LogP contribution in [-0.2, 0) is 14.8 Å². The molecule has 0 heterocycles. The van der Waals surface area contributed by atoms with Crippen molar-refractivity contribution in [1.82, 2.24) is 10.0 Å². The Morgan fingerprint density at radius 3 is 2.38 bits per heavy atom. The van der Waals surface area contributed by atoms with Crippen LogP contribution in [0.5, 0.6) is 0 Å². The molecule has 0 aliphatic heterocycles. The van der Waals surface area contributed by atoms with E-state index in [9.17, 15) is 13.2 Å². The largest absolute Gasteiger partial charge is 0.352 e. The van der Waals surface area contributed by atoms with E-state index in [1.165, 1.54) is 6.42 Å². The third-order valence-electron chi connectivity index (χ3n) is 5.55. The van der Waals surface area contributed by atoms with Crippen LogP contribution in [-0.4, -0.2) is 26.4 Å². The van der Waals surface area contributed by atoms with Crippen LogP contribution in [0.1, 0.15) is 58.4 Å². The van der Waals surface area contributed by atoms with E-state index in [0.717, 1.165) is 24.8 Å². The molecule has 1 aromatic carbocycles. The zero-order valence-electron chi connectivity index (χ0n) is 16.3. The zero-order chi connectivity index (χ0) is 19.3. The van der Waals surface area contributed by atoms with Crippen molar-refractivity contribution in [3.8, 4) is 0 Å². The standard InChI is InChI=1S/C20H32N2O3S/c1-5-15(3)19(20(23)21-18-9-7-6-8-16(18)4)22-26(24,25)17-12-10-14(2)11-13-17/h10-13,15-16,18-19,22H,5-9H2,1-4H3,(H,21,23). The fourth-order valence-electron chi connectivity index (χ4n) is 3.42. The molecule has 0 bridgehead atoms. The molecule has 0 aromatic heterocycles. The van der Waals surface area contributed by atoms with Gasteiger partial charge in [-0.25, -0.2) is 8.42 Å². The molecule has 26 heavy (non-hydrogen) atoms. The number of hydrogen-bond acceptors (Lipinski definition) is 3. The Morgan fingerprint density at radius 1 is 1.19 bits per heavy atom. The van der Waals surface area contributed by atoms with E-state index in [1.54, 1.807) is 24.3 Å². The van der Waals surface area contributed by atoms with Crippen molar-refractivity contribution in [2.45, 2.75) is 76.8 Å². The van der Waals surface area contributed by atoms with E-state index in [0.29, 0.717) is 12.3 Å². The fourth-order valence-corrected chi connectivity index (χ4v) is 4.72. The van der Waals surface area contributed by atoms with Gasteiger partial charge >= 0.3 is 0 Å². The van der Waals surface area contributed by atoms with Gasteiger partial charge in [0.05, 0.1) is 4.90 Å². The lowest BCUT2D eigenvalue weighted by Crippen LogP contribution is -2.53. The van der Waals surface area contributed by atoms with Gasteiger partial charge in [0.25, 0.3) is 0 Å². The van der Waals surface area contributed by atoms with Crippen LogP contribution >= 0.6 is 0 Å². The van der Waals surface area contributed by atoms with E-state index >= 15 is 0 Å². The molecule has 2 N–H and O–H groups in total. The first-order chi connectivity index (χ1) is 12.2. The van der Waals surface area contributed by atoms with Crippen LogP contribution in [0.2, 0.25) is 0 Å². The number of hydrogen-bond donors (Lipinski definition) is 2. The second-order valence-corrected chi connectivity index (χ2v) is 9.39. The summed E-state index contributed by atoms with van der Waals surface area (Å²) in [7, 11) is -3.74. The minimum Gasteiger partial charge on any atom is -0.352 e. The number of carbonyl (C=O) groups excluding carboxylic acids is 1. The molecule has 2 rings (SSSR count). The summed E-state index contributed by atoms with van der Waals surface area (Å²) < 4.78 is 28.1. The van der Waals surface area contributed by atoms with Crippen LogP contribution < -0.4 is 10.0 Å². The molecule has 1 amide bonds. The summed E-state index contributed by atoms with van der Waals surface area (Å²) in [6.07, 6.45) is 5.09. The van der Waals surface area contributed by atoms with Crippen molar-refractivity contribution in [3.63, 3.8) is 0 Å². The molecule has 4 unspecified atom stereocenters. The summed E-state index contributed by atoms with van der Waals surface area (Å²) in [4.78, 5) is 13.1. The fraction of sp³-hybridized carbons (Fsp3) is 0.650. The summed E-state index contributed by atoms with van der Waals surface area (Å²) in [6.45, 7) is 7.93. The van der Waals surface area contributed by atoms with Crippen LogP contribution in [0.3, 0.4) is 0 Å². The van der Waals surface area contributed by atoms with Gasteiger partial charge in [-0.2, -0.15) is 4.72 Å². The lowest BCUT2D eigenvalue weighted by Gasteiger charge is -2.32. The minimum absolute atomic E-state index is 0.0888. The third kappa shape index (κ3) is 5.30. The molecule has 1 aromatic rings. The normalized spacial score (nSPS) is 23.2. The van der Waals surface area contributed by atoms with Crippen LogP contribution in [0.25, 0.3) is 0 Å². The van der Waals surface area contributed by atoms with Gasteiger partial charge in [-0.15, -0.1) is 0 Å². The highest BCUT2D eigenvalue weighted by atomic mass is 32.2. The van der Waals surface area contributed by atoms with Gasteiger partial charge in [0.2, 0.25) is 15.9 Å². The van der Waals surface area contributed by atoms with Crippen LogP contribution in [0.4, 0.5) is 0 Å². The van der Waals surface area contributed by atoms with Crippen molar-refractivity contribution in [2.75, 3.05) is 0 Å². The lowest BCUT2D eigenvalue weighted by molar-refractivity contribution is -0.125. The Bertz CT molecular complexity index is 700. The quantitative estimate of drug-likeness (QED) is 0.761. The van der Waals surface area contributed by atoms with Gasteiger partial charge in [0, 0.05) is 6.04 Å². The number of rotatable bonds is 7. The maximum absolute atomic E-state index is 12.9. The summed E-state index contributed by atoms with van der Waals surface area (Å²) in [5, 5.41) is 3.10. The monoisotopic (exact) mass is 380 g/mol. The van der Waals surface area contributed by atoms with E-state index < -0.39 is 16.1 Å². The summed E-state index contributed by atoms with van der Waals surface area (Å²) >= 11 is 0. The van der Waals surface area contributed by atoms with E-state index in [-0.39, 0.29) is 22.8 Å². The average Bonchev–Trinajstić information content (AvgIpc) is 2.61. The highest BCUT2D eigenvalue weighted by Gasteiger charge is 2.32. The predicted octanol–water partition coefficient (Wildman–Crippen LogP) is 3.38. The molecule has 1 aliphatic rings. The van der Waals surface area contributed by atoms with Gasteiger partial charge in [-0.05, 0) is 43.7 Å². The van der Waals surface area contributed by atoms with Crippen molar-refractivity contribution in [1.29, 1.82) is 0 Å². The zero-order valence-corrected chi connectivity index (χ0v) is 17.1. The number of benzene rings is 1. The highest BCUT2D eigenvalue weighted by Crippen LogP contribution is 2.24. The van der Waals surface area contributed by atoms with Gasteiger partial charge < -0.3 is 5.32 Å². The lowest BCUT2D eigenvalue weighted by atomic mass is 9.85. The first kappa shape index (κ1) is 20.9. The van der Waals surface area contributed by atoms with Crippen molar-refractivity contribution in [2.24, 2.45) is 11.8 Å². The molecular formula is C20H32N2O3S. The number of carbonyl (C=O) groups is 1. The van der Waals surface area contributed by atoms with E-state index in [4.69, 9.17) is 0 Å². The summed E-state index contributed by atoms with van der Waals surface area (Å²) in [5.74, 6) is 0.127. The molecule has 1 saturated carbocycles. The molecule has 146 valence electrons. The Labute approximate surface area is 158 Å². The Kier molecular flexibility index (Phi) is 7.24. The smallest absolute Gasteiger partial charge is 0.241 e. The van der Waals surface area contributed by atoms with E-state index in [2.05, 4.69) is 17.0 Å². The molecular weight excluding hydrogens is 348 g/mol. The van der Waals surface area contributed by atoms with E-state index in [1.807, 2.05) is 20.8 Å². The molecule has 1 aliphatic carbocycles. The Hall–Kier alpha value is -1.40. The predicted molar refractivity (Wildman–Crippen MR) is 104 cm³/mol. The third-order valence-corrected chi connectivity index (χ3v) is 7.00. The number of nitrogens with one attached hydrogen (secondary N) is 2. The molecule has 0 saturated heterocycles. The summed E-state index contributed by atoms with van der Waals surface area (Å²) in [5.41, 5.74) is 0.992. The first-order valence-corrected chi connectivity index (χ1v) is 11.1. The van der Waals surface area contributed by atoms with Crippen molar-refractivity contribution in [3.05, 3.63) is 29.8 Å². The molecule has 0 spiro atoms. The minimum atomic E-state index is -3.74. The first-order valence-electron chi connectivity index (χ1n) is 9.64. The van der Waals surface area contributed by atoms with Crippen molar-refractivity contribution < 1.29 is 13.2 Å². The van der Waals surface area contributed by atoms with Gasteiger partial charge in [0.1, 0.15) is 6.04 Å². The molecule has 6 heteroatoms. The summed E-state index contributed by atoms with van der Waals surface area (Å²) in [6, 6.07) is 6.04. The maximum Gasteiger partial charge on any atom is 0.241 e. The van der Waals surface area contributed by atoms with Crippen LogP contribution in [0.15, 0.2) is 29.2 Å². The second-order valence-electron chi connectivity index (χ2n) is 7.67.